The van der Waals surface area contributed by atoms with Crippen molar-refractivity contribution in [1.82, 2.24) is 4.98 Å². The predicted molar refractivity (Wildman–Crippen MR) is 119 cm³/mol. The van der Waals surface area contributed by atoms with E-state index in [1.807, 2.05) is 36.4 Å². The summed E-state index contributed by atoms with van der Waals surface area (Å²) in [6, 6.07) is 19.8. The molecule has 0 saturated carbocycles. The molecule has 7 heteroatoms. The number of aromatic nitrogens is 1. The van der Waals surface area contributed by atoms with Crippen molar-refractivity contribution < 1.29 is 18.7 Å². The van der Waals surface area contributed by atoms with Crippen molar-refractivity contribution in [2.45, 2.75) is 38.8 Å². The summed E-state index contributed by atoms with van der Waals surface area (Å²) >= 11 is 0. The van der Waals surface area contributed by atoms with Crippen LogP contribution in [0.5, 0.6) is 0 Å². The van der Waals surface area contributed by atoms with Crippen LogP contribution < -0.4 is 16.1 Å². The molecule has 3 N–H and O–H groups in total. The van der Waals surface area contributed by atoms with Crippen LogP contribution >= 0.6 is 0 Å². The third-order valence-corrected chi connectivity index (χ3v) is 10.2. The fourth-order valence-electron chi connectivity index (χ4n) is 3.82. The topological polar surface area (TPSA) is 98.6 Å². The van der Waals surface area contributed by atoms with Crippen molar-refractivity contribution >= 4 is 24.7 Å². The third-order valence-electron chi connectivity index (χ3n) is 5.23. The van der Waals surface area contributed by atoms with Gasteiger partial charge in [-0.15, -0.1) is 0 Å². The Bertz CT molecular complexity index is 958. The van der Waals surface area contributed by atoms with Gasteiger partial charge in [0.2, 0.25) is 5.89 Å². The van der Waals surface area contributed by atoms with E-state index in [0.29, 0.717) is 0 Å². The highest BCUT2D eigenvalue weighted by molar-refractivity contribution is 6.99. The van der Waals surface area contributed by atoms with Crippen molar-refractivity contribution in [1.29, 1.82) is 0 Å². The Kier molecular flexibility index (Phi) is 6.26. The smallest absolute Gasteiger partial charge is 0.358 e. The zero-order valence-electron chi connectivity index (χ0n) is 17.8. The third kappa shape index (κ3) is 4.09. The van der Waals surface area contributed by atoms with Crippen LogP contribution in [0.1, 0.15) is 49.0 Å². The number of carboxylic acids is 1. The Balaban J connectivity index is 2.01. The Morgan fingerprint density at radius 2 is 1.60 bits per heavy atom. The summed E-state index contributed by atoms with van der Waals surface area (Å²) in [5, 5.41) is 11.3. The lowest BCUT2D eigenvalue weighted by Gasteiger charge is -2.43. The van der Waals surface area contributed by atoms with Gasteiger partial charge in [0.1, 0.15) is 11.8 Å². The van der Waals surface area contributed by atoms with Crippen LogP contribution in [0.2, 0.25) is 5.04 Å². The molecule has 6 nitrogen and oxygen atoms in total. The number of hydrogen-bond acceptors (Lipinski definition) is 5. The van der Waals surface area contributed by atoms with Crippen molar-refractivity contribution in [3.63, 3.8) is 0 Å². The molecule has 158 valence electrons. The first-order valence-electron chi connectivity index (χ1n) is 9.88. The van der Waals surface area contributed by atoms with Gasteiger partial charge in [-0.3, -0.25) is 0 Å². The molecule has 30 heavy (non-hydrogen) atoms. The van der Waals surface area contributed by atoms with Crippen molar-refractivity contribution in [3.05, 3.63) is 78.0 Å². The lowest BCUT2D eigenvalue weighted by Crippen LogP contribution is -2.67. The highest BCUT2D eigenvalue weighted by Crippen LogP contribution is 2.37. The van der Waals surface area contributed by atoms with E-state index in [1.165, 1.54) is 0 Å². The first kappa shape index (κ1) is 22.0. The summed E-state index contributed by atoms with van der Waals surface area (Å²) in [5.41, 5.74) is 6.21. The first-order chi connectivity index (χ1) is 14.2. The molecule has 0 amide bonds. The van der Waals surface area contributed by atoms with E-state index in [2.05, 4.69) is 50.0 Å². The van der Waals surface area contributed by atoms with Crippen molar-refractivity contribution in [2.75, 3.05) is 6.61 Å². The van der Waals surface area contributed by atoms with Crippen LogP contribution in [-0.4, -0.2) is 31.0 Å². The number of nitrogens with zero attached hydrogens (tertiary/aromatic N) is 1. The summed E-state index contributed by atoms with van der Waals surface area (Å²) in [6.45, 7) is 8.27. The second kappa shape index (κ2) is 8.55. The summed E-state index contributed by atoms with van der Waals surface area (Å²) in [4.78, 5) is 15.4. The average molecular weight is 425 g/mol. The number of nitrogens with two attached hydrogens (primary N) is 1. The Labute approximate surface area is 177 Å². The van der Waals surface area contributed by atoms with Gasteiger partial charge >= 0.3 is 5.97 Å². The van der Waals surface area contributed by atoms with Crippen molar-refractivity contribution in [3.8, 4) is 0 Å². The maximum absolute atomic E-state index is 11.3. The Morgan fingerprint density at radius 1 is 1.10 bits per heavy atom. The van der Waals surface area contributed by atoms with E-state index in [0.717, 1.165) is 10.4 Å². The molecule has 0 aliphatic rings. The normalized spacial score (nSPS) is 13.2. The molecule has 0 saturated heterocycles. The summed E-state index contributed by atoms with van der Waals surface area (Å²) in [6.07, 6.45) is 0. The molecular weight excluding hydrogens is 396 g/mol. The van der Waals surface area contributed by atoms with Crippen molar-refractivity contribution in [2.24, 2.45) is 5.73 Å². The van der Waals surface area contributed by atoms with Crippen LogP contribution in [0.15, 0.2) is 65.1 Å². The molecule has 0 fully saturated rings. The number of carbonyl (C=O) groups is 1. The van der Waals surface area contributed by atoms with Gasteiger partial charge in [-0.25, -0.2) is 9.78 Å². The second-order valence-corrected chi connectivity index (χ2v) is 12.6. The molecule has 0 bridgehead atoms. The van der Waals surface area contributed by atoms with E-state index in [4.69, 9.17) is 14.6 Å². The zero-order valence-corrected chi connectivity index (χ0v) is 18.8. The van der Waals surface area contributed by atoms with E-state index >= 15 is 0 Å². The lowest BCUT2D eigenvalue weighted by atomic mass is 10.2. The molecule has 3 aromatic rings. The molecule has 0 spiro atoms. The first-order valence-corrected chi connectivity index (χ1v) is 11.8. The number of hydrogen-bond donors (Lipinski definition) is 2. The standard InChI is InChI=1S/C23H28N2O4Si/c1-16-20(22(26)27)25-21(29-16)19(24)15-28-30(23(2,3)4,17-11-7-5-8-12-17)18-13-9-6-10-14-18/h5-14,19H,15,24H2,1-4H3,(H,26,27)/t19-/m0/s1. The summed E-state index contributed by atoms with van der Waals surface area (Å²) in [5.74, 6) is -0.733. The molecule has 0 unspecified atom stereocenters. The van der Waals surface area contributed by atoms with Gasteiger partial charge in [-0.2, -0.15) is 0 Å². The fourth-order valence-corrected chi connectivity index (χ4v) is 8.41. The highest BCUT2D eigenvalue weighted by Gasteiger charge is 2.50. The predicted octanol–water partition coefficient (Wildman–Crippen LogP) is 3.26. The zero-order chi connectivity index (χ0) is 21.9. The summed E-state index contributed by atoms with van der Waals surface area (Å²) in [7, 11) is -2.74. The number of carboxylic acid groups (broad SMARTS) is 1. The molecule has 2 aromatic carbocycles. The van der Waals surface area contributed by atoms with E-state index in [-0.39, 0.29) is 29.0 Å². The number of oxazole rings is 1. The monoisotopic (exact) mass is 424 g/mol. The number of rotatable bonds is 7. The van der Waals surface area contributed by atoms with Crippen LogP contribution in [-0.2, 0) is 4.43 Å². The summed E-state index contributed by atoms with van der Waals surface area (Å²) < 4.78 is 12.3. The highest BCUT2D eigenvalue weighted by atomic mass is 28.4. The van der Waals surface area contributed by atoms with Gasteiger partial charge in [-0.1, -0.05) is 81.4 Å². The second-order valence-electron chi connectivity index (χ2n) is 8.34. The molecule has 1 heterocycles. The molecule has 1 atom stereocenters. The minimum atomic E-state index is -2.74. The number of aromatic carboxylic acids is 1. The molecule has 1 aromatic heterocycles. The van der Waals surface area contributed by atoms with Gasteiger partial charge in [0, 0.05) is 0 Å². The number of benzene rings is 2. The molecule has 0 aliphatic heterocycles. The van der Waals surface area contributed by atoms with Crippen LogP contribution in [0.3, 0.4) is 0 Å². The van der Waals surface area contributed by atoms with Gasteiger partial charge in [-0.05, 0) is 22.3 Å². The molecule has 0 radical (unpaired) electrons. The Morgan fingerprint density at radius 3 is 2.00 bits per heavy atom. The minimum Gasteiger partial charge on any atom is -0.476 e. The van der Waals surface area contributed by atoms with E-state index in [1.54, 1.807) is 6.92 Å². The maximum Gasteiger partial charge on any atom is 0.358 e. The lowest BCUT2D eigenvalue weighted by molar-refractivity contribution is 0.0689. The molecule has 0 aliphatic carbocycles. The average Bonchev–Trinajstić information content (AvgIpc) is 3.11. The maximum atomic E-state index is 11.3. The minimum absolute atomic E-state index is 0.120. The van der Waals surface area contributed by atoms with Crippen LogP contribution in [0, 0.1) is 6.92 Å². The van der Waals surface area contributed by atoms with E-state index in [9.17, 15) is 9.90 Å². The van der Waals surface area contributed by atoms with Gasteiger partial charge in [0.15, 0.2) is 5.69 Å². The van der Waals surface area contributed by atoms with Gasteiger partial charge in [0.25, 0.3) is 8.32 Å². The fraction of sp³-hybridized carbons (Fsp3) is 0.304. The Hall–Kier alpha value is -2.74. The van der Waals surface area contributed by atoms with Gasteiger partial charge in [0.05, 0.1) is 6.61 Å². The van der Waals surface area contributed by atoms with Crippen LogP contribution in [0.25, 0.3) is 0 Å². The largest absolute Gasteiger partial charge is 0.476 e. The van der Waals surface area contributed by atoms with E-state index < -0.39 is 20.3 Å². The quantitative estimate of drug-likeness (QED) is 0.565. The SMILES string of the molecule is Cc1oc([C@@H](N)CO[Si](c2ccccc2)(c2ccccc2)C(C)(C)C)nc1C(=O)O. The van der Waals surface area contributed by atoms with Crippen LogP contribution in [0.4, 0.5) is 0 Å². The molecule has 3 rings (SSSR count). The van der Waals surface area contributed by atoms with Gasteiger partial charge < -0.3 is 19.7 Å². The molecular formula is C23H28N2O4Si. The number of aryl methyl sites for hydroxylation is 1.